The van der Waals surface area contributed by atoms with Gasteiger partial charge in [0.2, 0.25) is 0 Å². The van der Waals surface area contributed by atoms with Gasteiger partial charge in [-0.25, -0.2) is 20.4 Å². The van der Waals surface area contributed by atoms with Crippen molar-refractivity contribution in [2.45, 2.75) is 19.5 Å². The molecule has 0 spiro atoms. The molecule has 1 amide bonds. The Morgan fingerprint density at radius 1 is 1.48 bits per heavy atom. The number of primary amides is 1. The first-order valence-electron chi connectivity index (χ1n) is 6.48. The molecule has 1 aliphatic heterocycles. The van der Waals surface area contributed by atoms with Crippen LogP contribution in [-0.2, 0) is 6.42 Å². The Morgan fingerprint density at radius 3 is 2.90 bits per heavy atom. The van der Waals surface area contributed by atoms with Gasteiger partial charge in [-0.05, 0) is 17.9 Å². The lowest BCUT2D eigenvalue weighted by Gasteiger charge is -2.15. The standard InChI is InChI=1S/C13H14N6OS/c1-2-7-9(11(14)20)17-12(8-4-3-5-21-8)18-10(7)13-15-6-16-19-13/h3-6,13,19H,2H2,1H3,(H2,14,20)(H,15,16). The summed E-state index contributed by atoms with van der Waals surface area (Å²) in [5, 5.41) is 1.93. The molecule has 0 saturated carbocycles. The number of amides is 1. The summed E-state index contributed by atoms with van der Waals surface area (Å²) >= 11 is 1.51. The van der Waals surface area contributed by atoms with Crippen molar-refractivity contribution in [3.8, 4) is 10.7 Å². The van der Waals surface area contributed by atoms with Gasteiger partial charge in [0.05, 0.1) is 16.9 Å². The van der Waals surface area contributed by atoms with Crippen LogP contribution < -0.4 is 16.6 Å². The molecule has 7 nitrogen and oxygen atoms in total. The van der Waals surface area contributed by atoms with Crippen LogP contribution in [0, 0.1) is 0 Å². The molecule has 0 bridgehead atoms. The quantitative estimate of drug-likeness (QED) is 0.781. The molecule has 2 aromatic heterocycles. The van der Waals surface area contributed by atoms with E-state index < -0.39 is 5.91 Å². The molecule has 1 atom stereocenters. The van der Waals surface area contributed by atoms with Gasteiger partial charge < -0.3 is 11.2 Å². The smallest absolute Gasteiger partial charge is 0.267 e. The molecule has 2 aromatic rings. The van der Waals surface area contributed by atoms with Crippen LogP contribution in [0.4, 0.5) is 0 Å². The molecule has 3 heterocycles. The van der Waals surface area contributed by atoms with Crippen molar-refractivity contribution >= 4 is 23.6 Å². The SMILES string of the molecule is CCc1c(C(N)=O)nc(-c2cccs2)nc1C1N=CNN1. The van der Waals surface area contributed by atoms with E-state index in [2.05, 4.69) is 25.8 Å². The number of hydrogen-bond donors (Lipinski definition) is 3. The van der Waals surface area contributed by atoms with Gasteiger partial charge in [-0.1, -0.05) is 13.0 Å². The number of thiophene rings is 1. The average Bonchev–Trinajstić information content (AvgIpc) is 3.18. The molecule has 3 rings (SSSR count). The van der Waals surface area contributed by atoms with Crippen molar-refractivity contribution in [3.05, 3.63) is 34.5 Å². The minimum atomic E-state index is -0.553. The summed E-state index contributed by atoms with van der Waals surface area (Å²) in [6.07, 6.45) is 1.81. The van der Waals surface area contributed by atoms with E-state index in [1.54, 1.807) is 6.34 Å². The van der Waals surface area contributed by atoms with Crippen LogP contribution in [0.1, 0.15) is 34.8 Å². The third-order valence-corrected chi connectivity index (χ3v) is 4.00. The lowest BCUT2D eigenvalue weighted by atomic mass is 10.1. The van der Waals surface area contributed by atoms with Gasteiger partial charge in [-0.3, -0.25) is 4.79 Å². The summed E-state index contributed by atoms with van der Waals surface area (Å²) in [6.45, 7) is 1.94. The predicted molar refractivity (Wildman–Crippen MR) is 80.7 cm³/mol. The average molecular weight is 302 g/mol. The number of nitrogens with one attached hydrogen (secondary N) is 2. The Bertz CT molecular complexity index is 697. The zero-order valence-electron chi connectivity index (χ0n) is 11.3. The fourth-order valence-corrected chi connectivity index (χ4v) is 2.86. The Morgan fingerprint density at radius 2 is 2.33 bits per heavy atom. The molecule has 1 aliphatic rings. The van der Waals surface area contributed by atoms with E-state index in [-0.39, 0.29) is 11.9 Å². The van der Waals surface area contributed by atoms with Gasteiger partial charge in [-0.15, -0.1) is 11.3 Å². The maximum atomic E-state index is 11.7. The molecule has 0 radical (unpaired) electrons. The summed E-state index contributed by atoms with van der Waals surface area (Å²) < 4.78 is 0. The largest absolute Gasteiger partial charge is 0.364 e. The second-order valence-corrected chi connectivity index (χ2v) is 5.37. The van der Waals surface area contributed by atoms with Crippen molar-refractivity contribution in [1.82, 2.24) is 20.8 Å². The van der Waals surface area contributed by atoms with Crippen molar-refractivity contribution in [1.29, 1.82) is 0 Å². The van der Waals surface area contributed by atoms with E-state index in [1.165, 1.54) is 11.3 Å². The zero-order chi connectivity index (χ0) is 14.8. The first-order chi connectivity index (χ1) is 10.2. The van der Waals surface area contributed by atoms with E-state index in [1.807, 2.05) is 24.4 Å². The summed E-state index contributed by atoms with van der Waals surface area (Å²) in [6, 6.07) is 3.82. The number of carbonyl (C=O) groups is 1. The number of hydrazine groups is 1. The normalized spacial score (nSPS) is 16.9. The van der Waals surface area contributed by atoms with Gasteiger partial charge in [0.1, 0.15) is 5.69 Å². The van der Waals surface area contributed by atoms with Gasteiger partial charge in [0, 0.05) is 5.56 Å². The summed E-state index contributed by atoms with van der Waals surface area (Å²) in [5.74, 6) is -0.0573. The van der Waals surface area contributed by atoms with E-state index in [0.717, 1.165) is 10.4 Å². The minimum absolute atomic E-state index is 0.259. The van der Waals surface area contributed by atoms with Crippen LogP contribution >= 0.6 is 11.3 Å². The van der Waals surface area contributed by atoms with Crippen LogP contribution in [0.2, 0.25) is 0 Å². The first-order valence-corrected chi connectivity index (χ1v) is 7.36. The molecular formula is C13H14N6OS. The molecule has 0 fully saturated rings. The molecule has 1 unspecified atom stereocenters. The van der Waals surface area contributed by atoms with Crippen molar-refractivity contribution < 1.29 is 4.79 Å². The topological polar surface area (TPSA) is 105 Å². The van der Waals surface area contributed by atoms with E-state index in [4.69, 9.17) is 5.73 Å². The third kappa shape index (κ3) is 2.50. The van der Waals surface area contributed by atoms with Crippen molar-refractivity contribution in [2.75, 3.05) is 0 Å². The van der Waals surface area contributed by atoms with E-state index >= 15 is 0 Å². The molecular weight excluding hydrogens is 288 g/mol. The number of nitrogens with zero attached hydrogens (tertiary/aromatic N) is 3. The van der Waals surface area contributed by atoms with Crippen molar-refractivity contribution in [3.63, 3.8) is 0 Å². The van der Waals surface area contributed by atoms with Gasteiger partial charge in [-0.2, -0.15) is 0 Å². The van der Waals surface area contributed by atoms with E-state index in [0.29, 0.717) is 17.9 Å². The molecule has 8 heteroatoms. The molecule has 0 aromatic carbocycles. The highest BCUT2D eigenvalue weighted by Gasteiger charge is 2.24. The minimum Gasteiger partial charge on any atom is -0.364 e. The van der Waals surface area contributed by atoms with Crippen LogP contribution in [0.15, 0.2) is 22.5 Å². The van der Waals surface area contributed by atoms with Crippen LogP contribution in [0.5, 0.6) is 0 Å². The Kier molecular flexibility index (Phi) is 3.63. The highest BCUT2D eigenvalue weighted by Crippen LogP contribution is 2.27. The van der Waals surface area contributed by atoms with Gasteiger partial charge >= 0.3 is 0 Å². The van der Waals surface area contributed by atoms with Crippen molar-refractivity contribution in [2.24, 2.45) is 10.7 Å². The van der Waals surface area contributed by atoms with Crippen LogP contribution in [-0.4, -0.2) is 22.2 Å². The molecule has 108 valence electrons. The number of carbonyl (C=O) groups excluding carboxylic acids is 1. The maximum Gasteiger partial charge on any atom is 0.267 e. The maximum absolute atomic E-state index is 11.7. The highest BCUT2D eigenvalue weighted by molar-refractivity contribution is 7.13. The number of aromatic nitrogens is 2. The Balaban J connectivity index is 2.20. The monoisotopic (exact) mass is 302 g/mol. The zero-order valence-corrected chi connectivity index (χ0v) is 12.1. The second-order valence-electron chi connectivity index (χ2n) is 4.42. The number of nitrogens with two attached hydrogens (primary N) is 1. The van der Waals surface area contributed by atoms with Gasteiger partial charge in [0.15, 0.2) is 12.0 Å². The second kappa shape index (κ2) is 5.58. The van der Waals surface area contributed by atoms with Crippen LogP contribution in [0.25, 0.3) is 10.7 Å². The highest BCUT2D eigenvalue weighted by atomic mass is 32.1. The third-order valence-electron chi connectivity index (χ3n) is 3.13. The number of aliphatic imine (C=N–C) groups is 1. The van der Waals surface area contributed by atoms with Crippen LogP contribution in [0.3, 0.4) is 0 Å². The Hall–Kier alpha value is -2.32. The number of hydrogen-bond acceptors (Lipinski definition) is 7. The summed E-state index contributed by atoms with van der Waals surface area (Å²) in [5.41, 5.74) is 12.9. The van der Waals surface area contributed by atoms with E-state index in [9.17, 15) is 4.79 Å². The molecule has 21 heavy (non-hydrogen) atoms. The fraction of sp³-hybridized carbons (Fsp3) is 0.231. The Labute approximate surface area is 125 Å². The molecule has 4 N–H and O–H groups in total. The first kappa shape index (κ1) is 13.7. The summed E-state index contributed by atoms with van der Waals surface area (Å²) in [7, 11) is 0. The fourth-order valence-electron chi connectivity index (χ4n) is 2.20. The summed E-state index contributed by atoms with van der Waals surface area (Å²) in [4.78, 5) is 25.8. The lowest BCUT2D eigenvalue weighted by Crippen LogP contribution is -2.29. The molecule has 0 saturated heterocycles. The molecule has 0 aliphatic carbocycles. The van der Waals surface area contributed by atoms with Gasteiger partial charge in [0.25, 0.3) is 5.91 Å². The lowest BCUT2D eigenvalue weighted by molar-refractivity contribution is 0.0994. The number of rotatable bonds is 4. The predicted octanol–water partition coefficient (Wildman–Crippen LogP) is 1.00.